The Balaban J connectivity index is 1.58. The lowest BCUT2D eigenvalue weighted by molar-refractivity contribution is -0.105. The molecule has 0 bridgehead atoms. The number of hydrogen-bond donors (Lipinski definition) is 4. The molecule has 2 heterocycles. The van der Waals surface area contributed by atoms with Crippen LogP contribution in [0.1, 0.15) is 26.3 Å². The number of rotatable bonds is 10. The number of methoxy groups -OCH3 is 1. The van der Waals surface area contributed by atoms with Crippen LogP contribution >= 0.6 is 0 Å². The number of hydrazine groups is 1. The molecule has 37 heavy (non-hydrogen) atoms. The van der Waals surface area contributed by atoms with Gasteiger partial charge in [0, 0.05) is 57.1 Å². The minimum absolute atomic E-state index is 0.0256. The molecule has 3 aromatic rings. The van der Waals surface area contributed by atoms with Crippen molar-refractivity contribution in [2.45, 2.75) is 32.9 Å². The number of likely N-dealkylation sites (N-methyl/N-ethyl adjacent to an activating group) is 1. The zero-order valence-electron chi connectivity index (χ0n) is 22.3. The molecule has 196 valence electrons. The van der Waals surface area contributed by atoms with E-state index < -0.39 is 0 Å². The van der Waals surface area contributed by atoms with E-state index in [9.17, 15) is 4.79 Å². The summed E-state index contributed by atoms with van der Waals surface area (Å²) >= 11 is 0. The first-order chi connectivity index (χ1) is 17.7. The fraction of sp³-hybridized carbons (Fsp3) is 0.370. The van der Waals surface area contributed by atoms with Gasteiger partial charge in [0.1, 0.15) is 5.75 Å². The maximum Gasteiger partial charge on any atom is 0.227 e. The van der Waals surface area contributed by atoms with E-state index in [2.05, 4.69) is 70.2 Å². The molecule has 4 rings (SSSR count). The number of aromatic nitrogens is 2. The monoisotopic (exact) mass is 504 g/mol. The van der Waals surface area contributed by atoms with E-state index in [1.54, 1.807) is 13.3 Å². The topological polar surface area (TPSA) is 107 Å². The summed E-state index contributed by atoms with van der Waals surface area (Å²) in [6.45, 7) is 8.72. The van der Waals surface area contributed by atoms with Gasteiger partial charge in [-0.1, -0.05) is 6.07 Å². The molecule has 2 aromatic carbocycles. The highest BCUT2D eigenvalue weighted by Gasteiger charge is 2.18. The van der Waals surface area contributed by atoms with Gasteiger partial charge in [-0.15, -0.1) is 0 Å². The van der Waals surface area contributed by atoms with E-state index in [-0.39, 0.29) is 5.54 Å². The highest BCUT2D eigenvalue weighted by Crippen LogP contribution is 2.38. The summed E-state index contributed by atoms with van der Waals surface area (Å²) in [7, 11) is 5.61. The molecule has 1 aliphatic rings. The average molecular weight is 505 g/mol. The number of fused-ring (bicyclic) bond motifs is 1. The number of ether oxygens (including phenoxy) is 1. The number of carbonyl (C=O) groups excluding carboxylic acids is 1. The van der Waals surface area contributed by atoms with Crippen LogP contribution < -0.4 is 36.0 Å². The Morgan fingerprint density at radius 3 is 2.73 bits per heavy atom. The molecule has 0 saturated heterocycles. The molecule has 0 aliphatic carbocycles. The predicted octanol–water partition coefficient (Wildman–Crippen LogP) is 3.74. The largest absolute Gasteiger partial charge is 0.494 e. The number of nitrogens with one attached hydrogen (secondary N) is 4. The Hall–Kier alpha value is -3.89. The van der Waals surface area contributed by atoms with Crippen LogP contribution in [0.15, 0.2) is 42.6 Å². The quantitative estimate of drug-likeness (QED) is 0.307. The van der Waals surface area contributed by atoms with Crippen LogP contribution in [0, 0.1) is 0 Å². The van der Waals surface area contributed by atoms with Gasteiger partial charge in [-0.2, -0.15) is 0 Å². The van der Waals surface area contributed by atoms with Gasteiger partial charge in [0.15, 0.2) is 0 Å². The van der Waals surface area contributed by atoms with Gasteiger partial charge in [-0.3, -0.25) is 4.79 Å². The molecule has 0 fully saturated rings. The zero-order chi connectivity index (χ0) is 26.6. The summed E-state index contributed by atoms with van der Waals surface area (Å²) in [6.07, 6.45) is 2.40. The van der Waals surface area contributed by atoms with Gasteiger partial charge >= 0.3 is 0 Å². The van der Waals surface area contributed by atoms with E-state index in [1.165, 1.54) is 5.56 Å². The second-order valence-electron chi connectivity index (χ2n) is 10.1. The number of carbonyl (C=O) groups is 1. The van der Waals surface area contributed by atoms with Crippen molar-refractivity contribution in [1.82, 2.24) is 20.7 Å². The number of nitrogens with zero attached hydrogens (tertiary/aromatic N) is 4. The molecular formula is C27H36N8O2. The van der Waals surface area contributed by atoms with Crippen molar-refractivity contribution in [3.05, 3.63) is 48.2 Å². The van der Waals surface area contributed by atoms with Crippen LogP contribution in [0.5, 0.6) is 5.75 Å². The standard InChI is InChI=1S/C27H36N8O2/c1-27(2,3)30-11-12-34(4)24-15-25(37-6)22(14-21(24)29-17-36)33-26-28-10-9-20(32-26)18-7-8-23-19(13-18)16-31-35(23)5/h7-10,13-15,17,30-31H,11-12,16H2,1-6H3,(H,29,36)(H,28,32,33). The van der Waals surface area contributed by atoms with Crippen molar-refractivity contribution in [2.75, 3.05) is 54.8 Å². The maximum absolute atomic E-state index is 11.4. The van der Waals surface area contributed by atoms with Gasteiger partial charge in [0.25, 0.3) is 0 Å². The van der Waals surface area contributed by atoms with E-state index in [4.69, 9.17) is 9.72 Å². The lowest BCUT2D eigenvalue weighted by atomic mass is 10.1. The van der Waals surface area contributed by atoms with Crippen LogP contribution in [0.3, 0.4) is 0 Å². The molecule has 10 nitrogen and oxygen atoms in total. The number of hydrogen-bond acceptors (Lipinski definition) is 9. The third-order valence-electron chi connectivity index (χ3n) is 6.19. The van der Waals surface area contributed by atoms with Crippen LogP contribution in [0.2, 0.25) is 0 Å². The molecule has 0 radical (unpaired) electrons. The minimum atomic E-state index is 0.0256. The molecule has 0 unspecified atom stereocenters. The number of amides is 1. The Morgan fingerprint density at radius 2 is 2.00 bits per heavy atom. The van der Waals surface area contributed by atoms with Crippen LogP contribution in [-0.2, 0) is 11.3 Å². The summed E-state index contributed by atoms with van der Waals surface area (Å²) in [6, 6.07) is 11.9. The van der Waals surface area contributed by atoms with Crippen molar-refractivity contribution >= 4 is 35.1 Å². The Morgan fingerprint density at radius 1 is 1.19 bits per heavy atom. The lowest BCUT2D eigenvalue weighted by Gasteiger charge is -2.27. The zero-order valence-corrected chi connectivity index (χ0v) is 22.3. The fourth-order valence-corrected chi connectivity index (χ4v) is 4.25. The van der Waals surface area contributed by atoms with Crippen LogP contribution in [0.4, 0.5) is 28.7 Å². The lowest BCUT2D eigenvalue weighted by Crippen LogP contribution is -2.40. The number of anilines is 5. The van der Waals surface area contributed by atoms with Crippen LogP contribution in [0.25, 0.3) is 11.3 Å². The third kappa shape index (κ3) is 6.28. The summed E-state index contributed by atoms with van der Waals surface area (Å²) < 4.78 is 5.69. The Bertz CT molecular complexity index is 1260. The first-order valence-corrected chi connectivity index (χ1v) is 12.3. The van der Waals surface area contributed by atoms with E-state index in [1.807, 2.05) is 37.3 Å². The van der Waals surface area contributed by atoms with Gasteiger partial charge < -0.3 is 30.6 Å². The highest BCUT2D eigenvalue weighted by atomic mass is 16.5. The Kier molecular flexibility index (Phi) is 7.80. The molecular weight excluding hydrogens is 468 g/mol. The van der Waals surface area contributed by atoms with Crippen molar-refractivity contribution in [3.8, 4) is 17.0 Å². The Labute approximate surface area is 218 Å². The second-order valence-corrected chi connectivity index (χ2v) is 10.1. The first kappa shape index (κ1) is 26.2. The van der Waals surface area contributed by atoms with Gasteiger partial charge in [0.2, 0.25) is 12.4 Å². The third-order valence-corrected chi connectivity index (χ3v) is 6.19. The molecule has 1 aliphatic heterocycles. The van der Waals surface area contributed by atoms with Crippen molar-refractivity contribution in [1.29, 1.82) is 0 Å². The molecule has 4 N–H and O–H groups in total. The smallest absolute Gasteiger partial charge is 0.227 e. The van der Waals surface area contributed by atoms with Crippen molar-refractivity contribution < 1.29 is 9.53 Å². The molecule has 0 spiro atoms. The normalized spacial score (nSPS) is 12.8. The SMILES string of the molecule is COc1cc(N(C)CCNC(C)(C)C)c(NC=O)cc1Nc1nccc(-c2ccc3c(c2)CNN3C)n1. The molecule has 10 heteroatoms. The van der Waals surface area contributed by atoms with Gasteiger partial charge in [-0.05, 0) is 50.6 Å². The maximum atomic E-state index is 11.4. The summed E-state index contributed by atoms with van der Waals surface area (Å²) in [5, 5.41) is 11.6. The average Bonchev–Trinajstić information content (AvgIpc) is 3.23. The first-order valence-electron chi connectivity index (χ1n) is 12.3. The minimum Gasteiger partial charge on any atom is -0.494 e. The van der Waals surface area contributed by atoms with E-state index in [0.717, 1.165) is 42.3 Å². The summed E-state index contributed by atoms with van der Waals surface area (Å²) in [5.74, 6) is 1.04. The molecule has 1 aromatic heterocycles. The molecule has 0 saturated carbocycles. The summed E-state index contributed by atoms with van der Waals surface area (Å²) in [5.41, 5.74) is 9.68. The predicted molar refractivity (Wildman–Crippen MR) is 150 cm³/mol. The van der Waals surface area contributed by atoms with E-state index >= 15 is 0 Å². The fourth-order valence-electron chi connectivity index (χ4n) is 4.25. The molecule has 0 atom stereocenters. The van der Waals surface area contributed by atoms with E-state index in [0.29, 0.717) is 29.5 Å². The number of benzene rings is 2. The highest BCUT2D eigenvalue weighted by molar-refractivity contribution is 5.87. The van der Waals surface area contributed by atoms with Crippen LogP contribution in [-0.4, -0.2) is 56.2 Å². The summed E-state index contributed by atoms with van der Waals surface area (Å²) in [4.78, 5) is 22.6. The van der Waals surface area contributed by atoms with Gasteiger partial charge in [0.05, 0.1) is 35.6 Å². The second kappa shape index (κ2) is 11.0. The molecule has 1 amide bonds. The van der Waals surface area contributed by atoms with Gasteiger partial charge in [-0.25, -0.2) is 15.4 Å². The van der Waals surface area contributed by atoms with Crippen molar-refractivity contribution in [2.24, 2.45) is 0 Å². The van der Waals surface area contributed by atoms with Crippen molar-refractivity contribution in [3.63, 3.8) is 0 Å².